The molecule has 1 unspecified atom stereocenters. The van der Waals surface area contributed by atoms with Crippen LogP contribution in [0.25, 0.3) is 11.0 Å². The predicted octanol–water partition coefficient (Wildman–Crippen LogP) is 5.30. The number of carbonyl (C=O) groups excluding carboxylic acids is 1. The van der Waals surface area contributed by atoms with Crippen molar-refractivity contribution in [2.75, 3.05) is 20.3 Å². The second-order valence-electron chi connectivity index (χ2n) is 8.67. The summed E-state index contributed by atoms with van der Waals surface area (Å²) in [5, 5.41) is 0.490. The van der Waals surface area contributed by atoms with Gasteiger partial charge in [-0.2, -0.15) is 0 Å². The molecule has 5 rings (SSSR count). The first-order valence-corrected chi connectivity index (χ1v) is 11.7. The number of rotatable bonds is 7. The highest BCUT2D eigenvalue weighted by molar-refractivity contribution is 5.99. The highest BCUT2D eigenvalue weighted by Crippen LogP contribution is 2.38. The molecule has 0 saturated heterocycles. The third-order valence-electron chi connectivity index (χ3n) is 6.43. The highest BCUT2D eigenvalue weighted by atomic mass is 16.5. The van der Waals surface area contributed by atoms with Gasteiger partial charge in [0.1, 0.15) is 17.1 Å². The zero-order valence-electron chi connectivity index (χ0n) is 20.0. The first-order valence-electron chi connectivity index (χ1n) is 11.7. The van der Waals surface area contributed by atoms with Crippen molar-refractivity contribution in [3.05, 3.63) is 105 Å². The molecule has 3 aromatic carbocycles. The largest absolute Gasteiger partial charge is 0.497 e. The van der Waals surface area contributed by atoms with Gasteiger partial charge < -0.3 is 18.8 Å². The van der Waals surface area contributed by atoms with Crippen LogP contribution >= 0.6 is 0 Å². The summed E-state index contributed by atoms with van der Waals surface area (Å²) in [5.41, 5.74) is 3.53. The molecule has 1 aliphatic heterocycles. The zero-order chi connectivity index (χ0) is 24.5. The van der Waals surface area contributed by atoms with Gasteiger partial charge in [0.15, 0.2) is 5.43 Å². The molecule has 0 fully saturated rings. The summed E-state index contributed by atoms with van der Waals surface area (Å²) in [6.45, 7) is 4.86. The van der Waals surface area contributed by atoms with Crippen molar-refractivity contribution in [2.45, 2.75) is 26.3 Å². The molecule has 0 N–H and O–H groups in total. The van der Waals surface area contributed by atoms with Crippen LogP contribution in [-0.2, 0) is 6.42 Å². The van der Waals surface area contributed by atoms with Crippen LogP contribution in [0.4, 0.5) is 0 Å². The Balaban J connectivity index is 1.58. The molecule has 0 aliphatic carbocycles. The van der Waals surface area contributed by atoms with Gasteiger partial charge in [-0.05, 0) is 67.8 Å². The number of carbonyl (C=O) groups is 1. The summed E-state index contributed by atoms with van der Waals surface area (Å²) in [4.78, 5) is 29.0. The van der Waals surface area contributed by atoms with Gasteiger partial charge in [0, 0.05) is 6.54 Å². The number of nitrogens with zero attached hydrogens (tertiary/aromatic N) is 1. The van der Waals surface area contributed by atoms with E-state index in [0.717, 1.165) is 28.2 Å². The lowest BCUT2D eigenvalue weighted by atomic mass is 9.98. The van der Waals surface area contributed by atoms with E-state index in [1.807, 2.05) is 74.5 Å². The van der Waals surface area contributed by atoms with Gasteiger partial charge in [0.25, 0.3) is 5.91 Å². The molecule has 178 valence electrons. The third-order valence-corrected chi connectivity index (χ3v) is 6.43. The van der Waals surface area contributed by atoms with E-state index in [2.05, 4.69) is 0 Å². The van der Waals surface area contributed by atoms with Gasteiger partial charge in [-0.3, -0.25) is 9.59 Å². The smallest absolute Gasteiger partial charge is 0.290 e. The average molecular weight is 470 g/mol. The van der Waals surface area contributed by atoms with Crippen LogP contribution in [0.5, 0.6) is 11.5 Å². The fourth-order valence-corrected chi connectivity index (χ4v) is 4.67. The molecule has 2 heterocycles. The Kier molecular flexibility index (Phi) is 6.03. The van der Waals surface area contributed by atoms with Crippen molar-refractivity contribution in [3.8, 4) is 11.5 Å². The van der Waals surface area contributed by atoms with Gasteiger partial charge >= 0.3 is 0 Å². The van der Waals surface area contributed by atoms with E-state index in [-0.39, 0.29) is 17.1 Å². The number of amides is 1. The zero-order valence-corrected chi connectivity index (χ0v) is 20.0. The molecular weight excluding hydrogens is 442 g/mol. The fourth-order valence-electron chi connectivity index (χ4n) is 4.67. The third kappa shape index (κ3) is 4.16. The summed E-state index contributed by atoms with van der Waals surface area (Å²) < 4.78 is 16.9. The van der Waals surface area contributed by atoms with Crippen molar-refractivity contribution in [1.29, 1.82) is 0 Å². The van der Waals surface area contributed by atoms with Gasteiger partial charge in [-0.25, -0.2) is 0 Å². The Morgan fingerprint density at radius 2 is 1.66 bits per heavy atom. The quantitative estimate of drug-likeness (QED) is 0.368. The van der Waals surface area contributed by atoms with Crippen molar-refractivity contribution in [2.24, 2.45) is 0 Å². The second kappa shape index (κ2) is 9.29. The van der Waals surface area contributed by atoms with Crippen LogP contribution in [-0.4, -0.2) is 31.1 Å². The monoisotopic (exact) mass is 469 g/mol. The maximum atomic E-state index is 13.7. The minimum Gasteiger partial charge on any atom is -0.497 e. The van der Waals surface area contributed by atoms with Gasteiger partial charge in [0.05, 0.1) is 30.7 Å². The first-order chi connectivity index (χ1) is 17.0. The molecule has 6 nitrogen and oxygen atoms in total. The van der Waals surface area contributed by atoms with Crippen molar-refractivity contribution < 1.29 is 18.7 Å². The highest BCUT2D eigenvalue weighted by Gasteiger charge is 2.42. The van der Waals surface area contributed by atoms with E-state index in [1.54, 1.807) is 18.1 Å². The molecule has 1 atom stereocenters. The van der Waals surface area contributed by atoms with Crippen molar-refractivity contribution in [3.63, 3.8) is 0 Å². The molecule has 1 amide bonds. The number of hydrogen-bond acceptors (Lipinski definition) is 5. The number of methoxy groups -OCH3 is 1. The number of aryl methyl sites for hydroxylation is 1. The predicted molar refractivity (Wildman–Crippen MR) is 134 cm³/mol. The van der Waals surface area contributed by atoms with E-state index in [4.69, 9.17) is 13.9 Å². The van der Waals surface area contributed by atoms with Crippen LogP contribution in [0.2, 0.25) is 0 Å². The Morgan fingerprint density at radius 1 is 0.943 bits per heavy atom. The minimum atomic E-state index is -0.535. The summed E-state index contributed by atoms with van der Waals surface area (Å²) >= 11 is 0. The summed E-state index contributed by atoms with van der Waals surface area (Å²) in [7, 11) is 1.63. The van der Waals surface area contributed by atoms with Gasteiger partial charge in [-0.15, -0.1) is 0 Å². The molecule has 0 saturated carbocycles. The topological polar surface area (TPSA) is 69.0 Å². The lowest BCUT2D eigenvalue weighted by molar-refractivity contribution is 0.0730. The van der Waals surface area contributed by atoms with Crippen LogP contribution in [0.1, 0.15) is 45.8 Å². The van der Waals surface area contributed by atoms with Gasteiger partial charge in [-0.1, -0.05) is 35.9 Å². The molecule has 35 heavy (non-hydrogen) atoms. The normalized spacial score (nSPS) is 14.9. The van der Waals surface area contributed by atoms with Crippen LogP contribution < -0.4 is 14.9 Å². The minimum absolute atomic E-state index is 0.125. The maximum Gasteiger partial charge on any atom is 0.290 e. The fraction of sp³-hybridized carbons (Fsp3) is 0.241. The lowest BCUT2D eigenvalue weighted by Gasteiger charge is -2.25. The average Bonchev–Trinajstić information content (AvgIpc) is 3.16. The summed E-state index contributed by atoms with van der Waals surface area (Å²) in [5.74, 6) is 1.38. The number of hydrogen-bond donors (Lipinski definition) is 0. The molecule has 6 heteroatoms. The standard InChI is InChI=1S/C29H27NO5/c1-4-34-22-12-8-20(9-13-22)26-25-27(31)23-17-18(2)5-14-24(23)35-28(25)29(32)30(26)16-15-19-6-10-21(33-3)11-7-19/h5-14,17,26H,4,15-16H2,1-3H3. The van der Waals surface area contributed by atoms with Crippen LogP contribution in [0.15, 0.2) is 75.9 Å². The van der Waals surface area contributed by atoms with Crippen molar-refractivity contribution >= 4 is 16.9 Å². The molecule has 1 aliphatic rings. The molecule has 1 aromatic heterocycles. The van der Waals surface area contributed by atoms with E-state index in [0.29, 0.717) is 36.1 Å². The number of ether oxygens (including phenoxy) is 2. The Bertz CT molecular complexity index is 1440. The molecule has 0 bridgehead atoms. The Hall–Kier alpha value is -4.06. The Labute approximate surface area is 203 Å². The van der Waals surface area contributed by atoms with E-state index in [1.165, 1.54) is 0 Å². The van der Waals surface area contributed by atoms with Crippen molar-refractivity contribution in [1.82, 2.24) is 4.90 Å². The van der Waals surface area contributed by atoms with E-state index in [9.17, 15) is 9.59 Å². The van der Waals surface area contributed by atoms with E-state index >= 15 is 0 Å². The molecule has 4 aromatic rings. The molecule has 0 spiro atoms. The SMILES string of the molecule is CCOc1ccc(C2c3c(oc4ccc(C)cc4c3=O)C(=O)N2CCc2ccc(OC)cc2)cc1. The van der Waals surface area contributed by atoms with Gasteiger partial charge in [0.2, 0.25) is 5.76 Å². The summed E-state index contributed by atoms with van der Waals surface area (Å²) in [6.07, 6.45) is 0.629. The van der Waals surface area contributed by atoms with E-state index < -0.39 is 6.04 Å². The number of benzene rings is 3. The van der Waals surface area contributed by atoms with Crippen LogP contribution in [0.3, 0.4) is 0 Å². The first kappa shape index (κ1) is 22.7. The van der Waals surface area contributed by atoms with Crippen LogP contribution in [0, 0.1) is 6.92 Å². The second-order valence-corrected chi connectivity index (χ2v) is 8.67. The Morgan fingerprint density at radius 3 is 2.34 bits per heavy atom. The number of fused-ring (bicyclic) bond motifs is 2. The lowest BCUT2D eigenvalue weighted by Crippen LogP contribution is -2.31. The molecule has 0 radical (unpaired) electrons. The molecular formula is C29H27NO5. The summed E-state index contributed by atoms with van der Waals surface area (Å²) in [6, 6.07) is 20.3. The maximum absolute atomic E-state index is 13.7.